The van der Waals surface area contributed by atoms with Crippen molar-refractivity contribution in [2.75, 3.05) is 26.2 Å². The summed E-state index contributed by atoms with van der Waals surface area (Å²) in [6.07, 6.45) is -0.164. The van der Waals surface area contributed by atoms with E-state index in [4.69, 9.17) is 4.74 Å². The fraction of sp³-hybridized carbons (Fsp3) is 0.800. The van der Waals surface area contributed by atoms with Gasteiger partial charge in [-0.2, -0.15) is 0 Å². The van der Waals surface area contributed by atoms with E-state index in [1.165, 1.54) is 0 Å². The van der Waals surface area contributed by atoms with Gasteiger partial charge in [-0.1, -0.05) is 0 Å². The van der Waals surface area contributed by atoms with Gasteiger partial charge in [0.1, 0.15) is 6.04 Å². The quantitative estimate of drug-likeness (QED) is 0.555. The van der Waals surface area contributed by atoms with Gasteiger partial charge in [-0.25, -0.2) is 0 Å². The molecule has 1 saturated heterocycles. The van der Waals surface area contributed by atoms with Crippen LogP contribution in [0.25, 0.3) is 0 Å². The number of carbonyl (C=O) groups excluding carboxylic acids is 2. The van der Waals surface area contributed by atoms with Crippen LogP contribution in [0.3, 0.4) is 0 Å². The van der Waals surface area contributed by atoms with Crippen molar-refractivity contribution in [2.24, 2.45) is 0 Å². The Kier molecular flexibility index (Phi) is 5.21. The van der Waals surface area contributed by atoms with Crippen LogP contribution in [-0.4, -0.2) is 50.2 Å². The van der Waals surface area contributed by atoms with E-state index in [9.17, 15) is 9.59 Å². The molecular formula is C10H19N3O3. The summed E-state index contributed by atoms with van der Waals surface area (Å²) in [6.45, 7) is 5.51. The molecule has 0 aliphatic carbocycles. The van der Waals surface area contributed by atoms with Crippen LogP contribution in [0.5, 0.6) is 0 Å². The van der Waals surface area contributed by atoms with Crippen LogP contribution in [0.4, 0.5) is 0 Å². The van der Waals surface area contributed by atoms with Gasteiger partial charge in [0.2, 0.25) is 11.8 Å². The molecule has 1 aliphatic heterocycles. The van der Waals surface area contributed by atoms with Crippen molar-refractivity contribution in [3.05, 3.63) is 0 Å². The monoisotopic (exact) mass is 229 g/mol. The number of rotatable bonds is 4. The Morgan fingerprint density at radius 2 is 2.19 bits per heavy atom. The van der Waals surface area contributed by atoms with Gasteiger partial charge >= 0.3 is 0 Å². The number of ether oxygens (including phenoxy) is 1. The molecule has 0 aromatic rings. The Bertz CT molecular complexity index is 258. The second-order valence-electron chi connectivity index (χ2n) is 3.68. The third-order valence-corrected chi connectivity index (χ3v) is 2.40. The maximum atomic E-state index is 11.7. The third kappa shape index (κ3) is 3.79. The van der Waals surface area contributed by atoms with Crippen LogP contribution in [0.15, 0.2) is 0 Å². The van der Waals surface area contributed by atoms with Crippen LogP contribution in [0.2, 0.25) is 0 Å². The van der Waals surface area contributed by atoms with E-state index in [1.807, 2.05) is 13.8 Å². The number of hydrogen-bond donors (Lipinski definition) is 3. The Hall–Kier alpha value is -1.14. The second-order valence-corrected chi connectivity index (χ2v) is 3.68. The first-order valence-electron chi connectivity index (χ1n) is 5.54. The summed E-state index contributed by atoms with van der Waals surface area (Å²) in [5.41, 5.74) is 0. The summed E-state index contributed by atoms with van der Waals surface area (Å²) >= 11 is 0. The lowest BCUT2D eigenvalue weighted by molar-refractivity contribution is -0.131. The lowest BCUT2D eigenvalue weighted by Crippen LogP contribution is -2.56. The van der Waals surface area contributed by atoms with Gasteiger partial charge in [0.15, 0.2) is 0 Å². The summed E-state index contributed by atoms with van der Waals surface area (Å²) in [5, 5.41) is 8.24. The first-order chi connectivity index (χ1) is 7.65. The average molecular weight is 229 g/mol. The lowest BCUT2D eigenvalue weighted by atomic mass is 10.1. The molecule has 0 saturated carbocycles. The number of hydrogen-bond acceptors (Lipinski definition) is 4. The van der Waals surface area contributed by atoms with Gasteiger partial charge in [0.05, 0.1) is 19.3 Å². The first-order valence-corrected chi connectivity index (χ1v) is 5.54. The molecule has 0 aromatic heterocycles. The molecule has 92 valence electrons. The lowest BCUT2D eigenvalue weighted by Gasteiger charge is -2.29. The molecule has 0 unspecified atom stereocenters. The maximum absolute atomic E-state index is 11.7. The largest absolute Gasteiger partial charge is 0.375 e. The predicted molar refractivity (Wildman–Crippen MR) is 58.9 cm³/mol. The highest BCUT2D eigenvalue weighted by atomic mass is 16.5. The number of morpholine rings is 1. The zero-order valence-corrected chi connectivity index (χ0v) is 9.71. The van der Waals surface area contributed by atoms with Crippen molar-refractivity contribution < 1.29 is 14.3 Å². The molecule has 2 atom stereocenters. The van der Waals surface area contributed by atoms with Gasteiger partial charge in [0.25, 0.3) is 0 Å². The highest BCUT2D eigenvalue weighted by Gasteiger charge is 2.28. The molecule has 16 heavy (non-hydrogen) atoms. The Balaban J connectivity index is 2.31. The van der Waals surface area contributed by atoms with E-state index >= 15 is 0 Å². The standard InChI is InChI=1S/C10H19N3O3/c1-3-11-8(14)6-13-10(15)9-7(2)16-5-4-12-9/h7,9,12H,3-6H2,1-2H3,(H,11,14)(H,13,15)/t7-,9+/m1/s1. The first kappa shape index (κ1) is 12.9. The fourth-order valence-corrected chi connectivity index (χ4v) is 1.56. The van der Waals surface area contributed by atoms with E-state index in [0.29, 0.717) is 19.7 Å². The van der Waals surface area contributed by atoms with Crippen molar-refractivity contribution in [1.29, 1.82) is 0 Å². The summed E-state index contributed by atoms with van der Waals surface area (Å²) in [5.74, 6) is -0.376. The van der Waals surface area contributed by atoms with Crippen LogP contribution >= 0.6 is 0 Å². The smallest absolute Gasteiger partial charge is 0.240 e. The predicted octanol–water partition coefficient (Wildman–Crippen LogP) is -1.38. The van der Waals surface area contributed by atoms with E-state index in [1.54, 1.807) is 0 Å². The highest BCUT2D eigenvalue weighted by Crippen LogP contribution is 2.03. The molecule has 3 N–H and O–H groups in total. The number of amides is 2. The van der Waals surface area contributed by atoms with Crippen molar-refractivity contribution in [3.63, 3.8) is 0 Å². The summed E-state index contributed by atoms with van der Waals surface area (Å²) in [4.78, 5) is 22.8. The molecule has 0 spiro atoms. The van der Waals surface area contributed by atoms with E-state index in [0.717, 1.165) is 0 Å². The molecular weight excluding hydrogens is 210 g/mol. The van der Waals surface area contributed by atoms with Crippen LogP contribution in [0, 0.1) is 0 Å². The van der Waals surface area contributed by atoms with Crippen molar-refractivity contribution in [1.82, 2.24) is 16.0 Å². The normalized spacial score (nSPS) is 24.9. The summed E-state index contributed by atoms with van der Waals surface area (Å²) < 4.78 is 5.34. The Labute approximate surface area is 95.1 Å². The minimum atomic E-state index is -0.372. The van der Waals surface area contributed by atoms with Gasteiger partial charge in [-0.3, -0.25) is 9.59 Å². The van der Waals surface area contributed by atoms with E-state index < -0.39 is 0 Å². The molecule has 0 aromatic carbocycles. The second kappa shape index (κ2) is 6.44. The summed E-state index contributed by atoms with van der Waals surface area (Å²) in [6, 6.07) is -0.372. The van der Waals surface area contributed by atoms with Crippen LogP contribution in [-0.2, 0) is 14.3 Å². The number of nitrogens with one attached hydrogen (secondary N) is 3. The van der Waals surface area contributed by atoms with Crippen molar-refractivity contribution in [3.8, 4) is 0 Å². The molecule has 1 rings (SSSR count). The van der Waals surface area contributed by atoms with E-state index in [2.05, 4.69) is 16.0 Å². The maximum Gasteiger partial charge on any atom is 0.240 e. The molecule has 6 heteroatoms. The third-order valence-electron chi connectivity index (χ3n) is 2.40. The SMILES string of the molecule is CCNC(=O)CNC(=O)[C@H]1NCCO[C@@H]1C. The number of likely N-dealkylation sites (N-methyl/N-ethyl adjacent to an activating group) is 1. The van der Waals surface area contributed by atoms with Crippen molar-refractivity contribution in [2.45, 2.75) is 26.0 Å². The summed E-state index contributed by atoms with van der Waals surface area (Å²) in [7, 11) is 0. The average Bonchev–Trinajstić information content (AvgIpc) is 2.27. The topological polar surface area (TPSA) is 79.5 Å². The molecule has 0 radical (unpaired) electrons. The van der Waals surface area contributed by atoms with Crippen molar-refractivity contribution >= 4 is 11.8 Å². The van der Waals surface area contributed by atoms with Gasteiger partial charge < -0.3 is 20.7 Å². The minimum absolute atomic E-state index is 0.0115. The van der Waals surface area contributed by atoms with Gasteiger partial charge in [-0.15, -0.1) is 0 Å². The van der Waals surface area contributed by atoms with Crippen LogP contribution in [0.1, 0.15) is 13.8 Å². The molecule has 1 fully saturated rings. The molecule has 0 bridgehead atoms. The van der Waals surface area contributed by atoms with Gasteiger partial charge in [-0.05, 0) is 13.8 Å². The Morgan fingerprint density at radius 3 is 2.81 bits per heavy atom. The molecule has 2 amide bonds. The number of carbonyl (C=O) groups is 2. The zero-order valence-electron chi connectivity index (χ0n) is 9.71. The molecule has 6 nitrogen and oxygen atoms in total. The zero-order chi connectivity index (χ0) is 12.0. The molecule has 1 aliphatic rings. The minimum Gasteiger partial charge on any atom is -0.375 e. The highest BCUT2D eigenvalue weighted by molar-refractivity contribution is 5.87. The van der Waals surface area contributed by atoms with Gasteiger partial charge in [0, 0.05) is 13.1 Å². The van der Waals surface area contributed by atoms with Crippen LogP contribution < -0.4 is 16.0 Å². The Morgan fingerprint density at radius 1 is 1.44 bits per heavy atom. The van der Waals surface area contributed by atoms with E-state index in [-0.39, 0.29) is 30.5 Å². The fourth-order valence-electron chi connectivity index (χ4n) is 1.56. The molecule has 1 heterocycles.